The van der Waals surface area contributed by atoms with Crippen molar-refractivity contribution in [3.8, 4) is 0 Å². The molecule has 0 spiro atoms. The normalized spacial score (nSPS) is 15.5. The number of imide groups is 1. The highest BCUT2D eigenvalue weighted by atomic mass is 16.4. The molecule has 5 heteroatoms. The first kappa shape index (κ1) is 13.3. The molecule has 5 nitrogen and oxygen atoms in total. The molecule has 1 N–H and O–H groups in total. The summed E-state index contributed by atoms with van der Waals surface area (Å²) in [5, 5.41) is 8.81. The Hall–Kier alpha value is -2.17. The zero-order chi connectivity index (χ0) is 14.0. The molecule has 19 heavy (non-hydrogen) atoms. The van der Waals surface area contributed by atoms with Crippen molar-refractivity contribution in [1.82, 2.24) is 4.90 Å². The molecule has 1 atom stereocenters. The lowest BCUT2D eigenvalue weighted by atomic mass is 10.0. The number of fused-ring (bicyclic) bond motifs is 1. The van der Waals surface area contributed by atoms with Gasteiger partial charge in [0.05, 0.1) is 11.1 Å². The van der Waals surface area contributed by atoms with Crippen molar-refractivity contribution >= 4 is 17.8 Å². The summed E-state index contributed by atoms with van der Waals surface area (Å²) >= 11 is 0. The minimum Gasteiger partial charge on any atom is -0.481 e. The van der Waals surface area contributed by atoms with Gasteiger partial charge in [-0.1, -0.05) is 25.5 Å². The number of benzene rings is 1. The zero-order valence-electron chi connectivity index (χ0n) is 10.6. The molecule has 0 aliphatic carbocycles. The van der Waals surface area contributed by atoms with Crippen LogP contribution in [0.15, 0.2) is 24.3 Å². The van der Waals surface area contributed by atoms with Crippen LogP contribution in [-0.2, 0) is 4.79 Å². The van der Waals surface area contributed by atoms with Crippen molar-refractivity contribution in [1.29, 1.82) is 0 Å². The standard InChI is InChI=1S/C14H15NO4/c1-2-9(7-12(16)17)8-15-13(18)10-5-3-4-6-11(10)14(15)19/h3-6,9H,2,7-8H2,1H3,(H,16,17). The van der Waals surface area contributed by atoms with Gasteiger partial charge in [-0.25, -0.2) is 0 Å². The molecule has 1 aromatic carbocycles. The smallest absolute Gasteiger partial charge is 0.303 e. The Morgan fingerprint density at radius 2 is 1.74 bits per heavy atom. The lowest BCUT2D eigenvalue weighted by Crippen LogP contribution is -2.35. The highest BCUT2D eigenvalue weighted by Gasteiger charge is 2.36. The topological polar surface area (TPSA) is 74.7 Å². The molecule has 100 valence electrons. The van der Waals surface area contributed by atoms with E-state index in [4.69, 9.17) is 5.11 Å². The molecule has 1 aliphatic rings. The number of carbonyl (C=O) groups excluding carboxylic acids is 2. The van der Waals surface area contributed by atoms with Crippen LogP contribution < -0.4 is 0 Å². The molecule has 1 aromatic rings. The summed E-state index contributed by atoms with van der Waals surface area (Å²) in [5.41, 5.74) is 0.801. The predicted molar refractivity (Wildman–Crippen MR) is 67.8 cm³/mol. The SMILES string of the molecule is CCC(CC(=O)O)CN1C(=O)c2ccccc2C1=O. The predicted octanol–water partition coefficient (Wildman–Crippen LogP) is 1.78. The fourth-order valence-electron chi connectivity index (χ4n) is 2.25. The molecular formula is C14H15NO4. The van der Waals surface area contributed by atoms with Gasteiger partial charge in [0.1, 0.15) is 0 Å². The molecule has 1 aliphatic heterocycles. The number of carbonyl (C=O) groups is 3. The van der Waals surface area contributed by atoms with Crippen LogP contribution in [-0.4, -0.2) is 34.3 Å². The lowest BCUT2D eigenvalue weighted by molar-refractivity contribution is -0.138. The monoisotopic (exact) mass is 261 g/mol. The Kier molecular flexibility index (Phi) is 3.64. The molecule has 0 aromatic heterocycles. The molecule has 2 amide bonds. The van der Waals surface area contributed by atoms with Gasteiger partial charge in [-0.3, -0.25) is 19.3 Å². The van der Waals surface area contributed by atoms with E-state index in [9.17, 15) is 14.4 Å². The van der Waals surface area contributed by atoms with Crippen LogP contribution in [0.3, 0.4) is 0 Å². The number of aliphatic carboxylic acids is 1. The summed E-state index contributed by atoms with van der Waals surface area (Å²) < 4.78 is 0. The summed E-state index contributed by atoms with van der Waals surface area (Å²) in [4.78, 5) is 36.1. The van der Waals surface area contributed by atoms with Gasteiger partial charge in [0, 0.05) is 13.0 Å². The van der Waals surface area contributed by atoms with E-state index in [2.05, 4.69) is 0 Å². The maximum atomic E-state index is 12.1. The fraction of sp³-hybridized carbons (Fsp3) is 0.357. The minimum absolute atomic E-state index is 0.0378. The van der Waals surface area contributed by atoms with E-state index in [-0.39, 0.29) is 30.7 Å². The van der Waals surface area contributed by atoms with Crippen molar-refractivity contribution in [2.45, 2.75) is 19.8 Å². The van der Waals surface area contributed by atoms with Crippen molar-refractivity contribution in [3.63, 3.8) is 0 Å². The summed E-state index contributed by atoms with van der Waals surface area (Å²) in [6.07, 6.45) is 0.573. The largest absolute Gasteiger partial charge is 0.481 e. The van der Waals surface area contributed by atoms with Crippen molar-refractivity contribution in [3.05, 3.63) is 35.4 Å². The molecule has 0 radical (unpaired) electrons. The summed E-state index contributed by atoms with van der Waals surface area (Å²) in [7, 11) is 0. The number of hydrogen-bond acceptors (Lipinski definition) is 3. The number of nitrogens with zero attached hydrogens (tertiary/aromatic N) is 1. The van der Waals surface area contributed by atoms with E-state index in [1.54, 1.807) is 24.3 Å². The molecule has 0 saturated carbocycles. The number of amides is 2. The van der Waals surface area contributed by atoms with Gasteiger partial charge in [0.15, 0.2) is 0 Å². The zero-order valence-corrected chi connectivity index (χ0v) is 10.6. The number of rotatable bonds is 5. The summed E-state index contributed by atoms with van der Waals surface area (Å²) in [6, 6.07) is 6.66. The molecule has 1 unspecified atom stereocenters. The van der Waals surface area contributed by atoms with Gasteiger partial charge in [0.2, 0.25) is 0 Å². The third-order valence-corrected chi connectivity index (χ3v) is 3.36. The van der Waals surface area contributed by atoms with E-state index in [1.807, 2.05) is 6.92 Å². The van der Waals surface area contributed by atoms with Crippen LogP contribution in [0.1, 0.15) is 40.5 Å². The van der Waals surface area contributed by atoms with Gasteiger partial charge < -0.3 is 5.11 Å². The Morgan fingerprint density at radius 1 is 1.21 bits per heavy atom. The van der Waals surface area contributed by atoms with Gasteiger partial charge in [0.25, 0.3) is 11.8 Å². The van der Waals surface area contributed by atoms with Crippen LogP contribution in [0.2, 0.25) is 0 Å². The summed E-state index contributed by atoms with van der Waals surface area (Å²) in [6.45, 7) is 2.01. The molecule has 2 rings (SSSR count). The van der Waals surface area contributed by atoms with Gasteiger partial charge in [-0.2, -0.15) is 0 Å². The van der Waals surface area contributed by atoms with E-state index < -0.39 is 5.97 Å². The molecule has 0 saturated heterocycles. The van der Waals surface area contributed by atoms with Crippen molar-refractivity contribution < 1.29 is 19.5 Å². The third kappa shape index (κ3) is 2.50. The van der Waals surface area contributed by atoms with Crippen LogP contribution in [0.25, 0.3) is 0 Å². The maximum Gasteiger partial charge on any atom is 0.303 e. The highest BCUT2D eigenvalue weighted by Crippen LogP contribution is 2.24. The molecule has 0 fully saturated rings. The molecule has 1 heterocycles. The lowest BCUT2D eigenvalue weighted by Gasteiger charge is -2.19. The molecule has 0 bridgehead atoms. The third-order valence-electron chi connectivity index (χ3n) is 3.36. The van der Waals surface area contributed by atoms with Crippen molar-refractivity contribution in [2.75, 3.05) is 6.54 Å². The highest BCUT2D eigenvalue weighted by molar-refractivity contribution is 6.21. The Morgan fingerprint density at radius 3 is 2.16 bits per heavy atom. The average molecular weight is 261 g/mol. The van der Waals surface area contributed by atoms with Gasteiger partial charge in [-0.05, 0) is 18.1 Å². The van der Waals surface area contributed by atoms with Crippen LogP contribution in [0.5, 0.6) is 0 Å². The Bertz CT molecular complexity index is 503. The quantitative estimate of drug-likeness (QED) is 0.820. The number of carboxylic acid groups (broad SMARTS) is 1. The minimum atomic E-state index is -0.913. The second-order valence-corrected chi connectivity index (χ2v) is 4.64. The van der Waals surface area contributed by atoms with E-state index in [0.29, 0.717) is 17.5 Å². The first-order valence-corrected chi connectivity index (χ1v) is 6.21. The fourth-order valence-corrected chi connectivity index (χ4v) is 2.25. The first-order valence-electron chi connectivity index (χ1n) is 6.21. The molecular weight excluding hydrogens is 246 g/mol. The summed E-state index contributed by atoms with van der Waals surface area (Å²) in [5.74, 6) is -1.78. The number of carboxylic acids is 1. The number of hydrogen-bond donors (Lipinski definition) is 1. The maximum absolute atomic E-state index is 12.1. The first-order chi connectivity index (χ1) is 9.04. The van der Waals surface area contributed by atoms with Gasteiger partial charge in [-0.15, -0.1) is 0 Å². The van der Waals surface area contributed by atoms with E-state index >= 15 is 0 Å². The van der Waals surface area contributed by atoms with Gasteiger partial charge >= 0.3 is 5.97 Å². The average Bonchev–Trinajstić information content (AvgIpc) is 2.63. The van der Waals surface area contributed by atoms with Crippen LogP contribution in [0, 0.1) is 5.92 Å². The van der Waals surface area contributed by atoms with Crippen LogP contribution in [0.4, 0.5) is 0 Å². The van der Waals surface area contributed by atoms with E-state index in [0.717, 1.165) is 4.90 Å². The van der Waals surface area contributed by atoms with Crippen molar-refractivity contribution in [2.24, 2.45) is 5.92 Å². The van der Waals surface area contributed by atoms with E-state index in [1.165, 1.54) is 0 Å². The Labute approximate surface area is 110 Å². The van der Waals surface area contributed by atoms with Crippen LogP contribution >= 0.6 is 0 Å². The Balaban J connectivity index is 2.17. The second kappa shape index (κ2) is 5.22. The second-order valence-electron chi connectivity index (χ2n) is 4.64.